The molecule has 116 valence electrons. The van der Waals surface area contributed by atoms with Gasteiger partial charge in [0.25, 0.3) is 11.1 Å². The first-order valence-electron chi connectivity index (χ1n) is 7.35. The van der Waals surface area contributed by atoms with Crippen LogP contribution in [0.2, 0.25) is 0 Å². The van der Waals surface area contributed by atoms with E-state index < -0.39 is 0 Å². The maximum atomic E-state index is 5.85. The topological polar surface area (TPSA) is 66.6 Å². The number of aromatic nitrogens is 2. The Kier molecular flexibility index (Phi) is 3.90. The number of benzene rings is 1. The molecule has 7 heteroatoms. The van der Waals surface area contributed by atoms with Gasteiger partial charge < -0.3 is 18.6 Å². The summed E-state index contributed by atoms with van der Waals surface area (Å²) in [6.07, 6.45) is 2.16. The second-order valence-electron chi connectivity index (χ2n) is 5.22. The maximum Gasteiger partial charge on any atom is 0.276 e. The van der Waals surface area contributed by atoms with Crippen molar-refractivity contribution < 1.29 is 18.6 Å². The average molecular weight is 320 g/mol. The summed E-state index contributed by atoms with van der Waals surface area (Å²) in [6, 6.07) is 7.56. The number of thioether (sulfide) groups is 1. The van der Waals surface area contributed by atoms with Crippen LogP contribution in [0.1, 0.15) is 24.8 Å². The van der Waals surface area contributed by atoms with Gasteiger partial charge in [0.05, 0.1) is 6.10 Å². The van der Waals surface area contributed by atoms with E-state index in [9.17, 15) is 0 Å². The van der Waals surface area contributed by atoms with Crippen molar-refractivity contribution in [3.63, 3.8) is 0 Å². The third-order valence-electron chi connectivity index (χ3n) is 3.62. The van der Waals surface area contributed by atoms with Gasteiger partial charge >= 0.3 is 0 Å². The van der Waals surface area contributed by atoms with Crippen LogP contribution in [0.4, 0.5) is 0 Å². The highest BCUT2D eigenvalue weighted by molar-refractivity contribution is 7.99. The van der Waals surface area contributed by atoms with Gasteiger partial charge in [-0.05, 0) is 25.0 Å². The van der Waals surface area contributed by atoms with Crippen LogP contribution < -0.4 is 9.47 Å². The van der Waals surface area contributed by atoms with Crippen molar-refractivity contribution in [3.05, 3.63) is 30.2 Å². The van der Waals surface area contributed by atoms with Crippen molar-refractivity contribution in [1.82, 2.24) is 10.2 Å². The Morgan fingerprint density at radius 3 is 2.95 bits per heavy atom. The predicted molar refractivity (Wildman–Crippen MR) is 79.3 cm³/mol. The lowest BCUT2D eigenvalue weighted by atomic mass is 10.2. The van der Waals surface area contributed by atoms with E-state index in [4.69, 9.17) is 18.6 Å². The van der Waals surface area contributed by atoms with E-state index in [0.717, 1.165) is 31.0 Å². The van der Waals surface area contributed by atoms with Gasteiger partial charge in [-0.2, -0.15) is 0 Å². The molecule has 0 aliphatic carbocycles. The molecule has 1 saturated heterocycles. The maximum absolute atomic E-state index is 5.85. The van der Waals surface area contributed by atoms with Crippen molar-refractivity contribution in [1.29, 1.82) is 0 Å². The summed E-state index contributed by atoms with van der Waals surface area (Å²) in [7, 11) is 0. The predicted octanol–water partition coefficient (Wildman–Crippen LogP) is 2.85. The largest absolute Gasteiger partial charge is 0.485 e. The van der Waals surface area contributed by atoms with Gasteiger partial charge in [-0.3, -0.25) is 0 Å². The Labute approximate surface area is 132 Å². The van der Waals surface area contributed by atoms with Crippen LogP contribution in [0, 0.1) is 0 Å². The molecule has 2 aromatic rings. The molecule has 1 aromatic carbocycles. The third-order valence-corrected chi connectivity index (χ3v) is 4.57. The molecule has 0 spiro atoms. The standard InChI is InChI=1S/C15H16N2O4S/c1-2-6-12-11(5-1)19-8-13(20-12)14-16-17-15(21-14)22-9-10-4-3-7-18-10/h1-2,5-6,10,13H,3-4,7-9H2/t10-,13+/m0/s1. The summed E-state index contributed by atoms with van der Waals surface area (Å²) in [5, 5.41) is 8.69. The van der Waals surface area contributed by atoms with Crippen LogP contribution in [0.3, 0.4) is 0 Å². The van der Waals surface area contributed by atoms with Crippen LogP contribution in [-0.4, -0.2) is 35.3 Å². The number of hydrogen-bond acceptors (Lipinski definition) is 7. The Morgan fingerprint density at radius 1 is 1.18 bits per heavy atom. The highest BCUT2D eigenvalue weighted by atomic mass is 32.2. The van der Waals surface area contributed by atoms with Crippen LogP contribution in [-0.2, 0) is 4.74 Å². The smallest absolute Gasteiger partial charge is 0.276 e. The van der Waals surface area contributed by atoms with Gasteiger partial charge in [0.15, 0.2) is 11.5 Å². The highest BCUT2D eigenvalue weighted by Gasteiger charge is 2.27. The first-order valence-corrected chi connectivity index (χ1v) is 8.33. The Balaban J connectivity index is 1.39. The van der Waals surface area contributed by atoms with E-state index in [1.54, 1.807) is 0 Å². The number of ether oxygens (including phenoxy) is 3. The lowest BCUT2D eigenvalue weighted by Crippen LogP contribution is -2.21. The van der Waals surface area contributed by atoms with Gasteiger partial charge in [-0.15, -0.1) is 10.2 Å². The van der Waals surface area contributed by atoms with Crippen molar-refractivity contribution >= 4 is 11.8 Å². The van der Waals surface area contributed by atoms with Gasteiger partial charge in [0.2, 0.25) is 6.10 Å². The fraction of sp³-hybridized carbons (Fsp3) is 0.467. The molecular weight excluding hydrogens is 304 g/mol. The number of fused-ring (bicyclic) bond motifs is 1. The lowest BCUT2D eigenvalue weighted by molar-refractivity contribution is 0.0686. The normalized spacial score (nSPS) is 23.6. The van der Waals surface area contributed by atoms with E-state index in [-0.39, 0.29) is 6.10 Å². The summed E-state index contributed by atoms with van der Waals surface area (Å²) in [5.41, 5.74) is 0. The van der Waals surface area contributed by atoms with Gasteiger partial charge in [-0.25, -0.2) is 0 Å². The zero-order chi connectivity index (χ0) is 14.8. The summed E-state index contributed by atoms with van der Waals surface area (Å²) in [5.74, 6) is 2.73. The molecule has 0 N–H and O–H groups in total. The second kappa shape index (κ2) is 6.18. The van der Waals surface area contributed by atoms with E-state index in [1.807, 2.05) is 24.3 Å². The van der Waals surface area contributed by atoms with E-state index >= 15 is 0 Å². The molecule has 0 bridgehead atoms. The van der Waals surface area contributed by atoms with Gasteiger partial charge in [0.1, 0.15) is 6.61 Å². The number of hydrogen-bond donors (Lipinski definition) is 0. The zero-order valence-corrected chi connectivity index (χ0v) is 12.8. The molecule has 0 saturated carbocycles. The molecule has 6 nitrogen and oxygen atoms in total. The van der Waals surface area contributed by atoms with Crippen molar-refractivity contribution in [2.75, 3.05) is 19.0 Å². The van der Waals surface area contributed by atoms with Gasteiger partial charge in [0, 0.05) is 12.4 Å². The molecule has 1 fully saturated rings. The third kappa shape index (κ3) is 2.91. The molecule has 2 aliphatic heterocycles. The van der Waals surface area contributed by atoms with Crippen LogP contribution in [0.15, 0.2) is 33.9 Å². The molecule has 22 heavy (non-hydrogen) atoms. The number of rotatable bonds is 4. The minimum Gasteiger partial charge on any atom is -0.485 e. The summed E-state index contributed by atoms with van der Waals surface area (Å²) >= 11 is 1.53. The number of nitrogens with zero attached hydrogens (tertiary/aromatic N) is 2. The Bertz CT molecular complexity index is 642. The molecule has 3 heterocycles. The van der Waals surface area contributed by atoms with E-state index in [0.29, 0.717) is 29.6 Å². The van der Waals surface area contributed by atoms with Crippen LogP contribution in [0.5, 0.6) is 11.5 Å². The molecule has 0 unspecified atom stereocenters. The summed E-state index contributed by atoms with van der Waals surface area (Å²) < 4.78 is 22.8. The minimum atomic E-state index is -0.362. The Hall–Kier alpha value is -1.73. The fourth-order valence-corrected chi connectivity index (χ4v) is 3.32. The molecule has 2 aliphatic rings. The molecule has 0 radical (unpaired) electrons. The Morgan fingerprint density at radius 2 is 2.09 bits per heavy atom. The van der Waals surface area contributed by atoms with Crippen molar-refractivity contribution in [2.45, 2.75) is 30.3 Å². The summed E-state index contributed by atoms with van der Waals surface area (Å²) in [4.78, 5) is 0. The average Bonchev–Trinajstić information content (AvgIpc) is 3.24. The number of para-hydroxylation sites is 2. The van der Waals surface area contributed by atoms with Gasteiger partial charge in [-0.1, -0.05) is 23.9 Å². The molecule has 0 amide bonds. The fourth-order valence-electron chi connectivity index (χ4n) is 2.49. The molecule has 2 atom stereocenters. The molecule has 1 aromatic heterocycles. The molecular formula is C15H16N2O4S. The highest BCUT2D eigenvalue weighted by Crippen LogP contribution is 2.36. The first-order chi connectivity index (χ1) is 10.9. The van der Waals surface area contributed by atoms with Crippen LogP contribution in [0.25, 0.3) is 0 Å². The quantitative estimate of drug-likeness (QED) is 0.802. The van der Waals surface area contributed by atoms with E-state index in [2.05, 4.69) is 10.2 Å². The molecule has 4 rings (SSSR count). The monoisotopic (exact) mass is 320 g/mol. The van der Waals surface area contributed by atoms with Crippen LogP contribution >= 0.6 is 11.8 Å². The minimum absolute atomic E-state index is 0.293. The zero-order valence-electron chi connectivity index (χ0n) is 11.9. The summed E-state index contributed by atoms with van der Waals surface area (Å²) in [6.45, 7) is 1.22. The SMILES string of the molecule is c1ccc2c(c1)OC[C@H](c1nnc(SC[C@@H]3CCCO3)o1)O2. The van der Waals surface area contributed by atoms with E-state index in [1.165, 1.54) is 11.8 Å². The van der Waals surface area contributed by atoms with Crippen molar-refractivity contribution in [2.24, 2.45) is 0 Å². The lowest BCUT2D eigenvalue weighted by Gasteiger charge is -2.23. The first kappa shape index (κ1) is 13.9. The second-order valence-corrected chi connectivity index (χ2v) is 6.19. The van der Waals surface area contributed by atoms with Crippen molar-refractivity contribution in [3.8, 4) is 11.5 Å².